The molecule has 19 heavy (non-hydrogen) atoms. The van der Waals surface area contributed by atoms with Crippen LogP contribution in [0, 0.1) is 0 Å². The number of hydrogen-bond acceptors (Lipinski definition) is 4. The Bertz CT molecular complexity index is 629. The van der Waals surface area contributed by atoms with E-state index in [1.165, 1.54) is 6.20 Å². The van der Waals surface area contributed by atoms with E-state index in [1.807, 2.05) is 10.7 Å². The first-order chi connectivity index (χ1) is 9.22. The number of carbonyl (C=O) groups excluding carboxylic acids is 1. The number of imidazole rings is 1. The van der Waals surface area contributed by atoms with Crippen molar-refractivity contribution in [2.75, 3.05) is 6.54 Å². The first-order valence-corrected chi connectivity index (χ1v) is 6.04. The molecule has 0 saturated carbocycles. The van der Waals surface area contributed by atoms with Gasteiger partial charge >= 0.3 is 5.69 Å². The minimum Gasteiger partial charge on any atom is -0.345 e. The summed E-state index contributed by atoms with van der Waals surface area (Å²) in [7, 11) is 0. The molecule has 0 spiro atoms. The smallest absolute Gasteiger partial charge is 0.323 e. The third-order valence-corrected chi connectivity index (χ3v) is 2.99. The van der Waals surface area contributed by atoms with Crippen molar-refractivity contribution in [3.8, 4) is 0 Å². The van der Waals surface area contributed by atoms with Gasteiger partial charge in [0.25, 0.3) is 5.91 Å². The van der Waals surface area contributed by atoms with Crippen LogP contribution in [0.3, 0.4) is 0 Å². The van der Waals surface area contributed by atoms with E-state index in [0.717, 1.165) is 31.0 Å². The van der Waals surface area contributed by atoms with Gasteiger partial charge < -0.3 is 20.6 Å². The predicted octanol–water partition coefficient (Wildman–Crippen LogP) is -1.07. The lowest BCUT2D eigenvalue weighted by Crippen LogP contribution is -2.28. The lowest BCUT2D eigenvalue weighted by molar-refractivity contribution is 0.0945. The van der Waals surface area contributed by atoms with Gasteiger partial charge in [0.15, 0.2) is 0 Å². The highest BCUT2D eigenvalue weighted by atomic mass is 16.2. The molecule has 0 radical (unpaired) electrons. The Morgan fingerprint density at radius 3 is 3.16 bits per heavy atom. The molecule has 4 N–H and O–H groups in total. The van der Waals surface area contributed by atoms with Crippen molar-refractivity contribution in [2.45, 2.75) is 19.6 Å². The van der Waals surface area contributed by atoms with Gasteiger partial charge in [0.1, 0.15) is 5.69 Å². The van der Waals surface area contributed by atoms with Crippen LogP contribution >= 0.6 is 0 Å². The van der Waals surface area contributed by atoms with Crippen LogP contribution in [0.4, 0.5) is 0 Å². The summed E-state index contributed by atoms with van der Waals surface area (Å²) in [5.41, 5.74) is 1.75. The number of fused-ring (bicyclic) bond motifs is 1. The molecule has 2 aromatic heterocycles. The number of hydrogen-bond donors (Lipinski definition) is 4. The average Bonchev–Trinajstić information content (AvgIpc) is 3.01. The Hall–Kier alpha value is -2.35. The van der Waals surface area contributed by atoms with Crippen LogP contribution in [0.5, 0.6) is 0 Å². The molecule has 1 aliphatic rings. The SMILES string of the molecule is O=C(NCc1cc2n(n1)CCNC2)c1c[nH]c(=O)[nH]1. The molecule has 0 fully saturated rings. The number of amides is 1. The maximum atomic E-state index is 11.7. The third kappa shape index (κ3) is 2.43. The number of aromatic amines is 2. The average molecular weight is 262 g/mol. The van der Waals surface area contributed by atoms with E-state index in [2.05, 4.69) is 25.7 Å². The van der Waals surface area contributed by atoms with Crippen LogP contribution in [0.15, 0.2) is 17.1 Å². The summed E-state index contributed by atoms with van der Waals surface area (Å²) in [5.74, 6) is -0.331. The normalized spacial score (nSPS) is 14.1. The van der Waals surface area contributed by atoms with Gasteiger partial charge in [-0.15, -0.1) is 0 Å². The number of carbonyl (C=O) groups is 1. The van der Waals surface area contributed by atoms with Crippen molar-refractivity contribution in [3.05, 3.63) is 39.8 Å². The van der Waals surface area contributed by atoms with E-state index in [0.29, 0.717) is 6.54 Å². The maximum absolute atomic E-state index is 11.7. The predicted molar refractivity (Wildman–Crippen MR) is 66.5 cm³/mol. The Morgan fingerprint density at radius 1 is 1.53 bits per heavy atom. The molecule has 100 valence electrons. The van der Waals surface area contributed by atoms with Crippen molar-refractivity contribution >= 4 is 5.91 Å². The summed E-state index contributed by atoms with van der Waals surface area (Å²) in [6, 6.07) is 1.96. The van der Waals surface area contributed by atoms with Crippen molar-refractivity contribution in [1.82, 2.24) is 30.4 Å². The Balaban J connectivity index is 1.64. The number of nitrogens with one attached hydrogen (secondary N) is 4. The lowest BCUT2D eigenvalue weighted by atomic mass is 10.3. The molecule has 0 saturated heterocycles. The Morgan fingerprint density at radius 2 is 2.42 bits per heavy atom. The zero-order valence-corrected chi connectivity index (χ0v) is 10.2. The molecule has 0 bridgehead atoms. The van der Waals surface area contributed by atoms with Gasteiger partial charge in [-0.3, -0.25) is 9.48 Å². The second-order valence-corrected chi connectivity index (χ2v) is 4.37. The monoisotopic (exact) mass is 262 g/mol. The Kier molecular flexibility index (Phi) is 2.92. The highest BCUT2D eigenvalue weighted by Crippen LogP contribution is 2.07. The topological polar surface area (TPSA) is 108 Å². The van der Waals surface area contributed by atoms with Crippen LogP contribution < -0.4 is 16.3 Å². The minimum atomic E-state index is -0.395. The second-order valence-electron chi connectivity index (χ2n) is 4.37. The van der Waals surface area contributed by atoms with Crippen molar-refractivity contribution in [3.63, 3.8) is 0 Å². The van der Waals surface area contributed by atoms with Crippen LogP contribution in [0.1, 0.15) is 21.9 Å². The van der Waals surface area contributed by atoms with E-state index in [4.69, 9.17) is 0 Å². The molecule has 2 aromatic rings. The van der Waals surface area contributed by atoms with Gasteiger partial charge in [-0.25, -0.2) is 4.79 Å². The molecule has 3 rings (SSSR count). The molecule has 0 atom stereocenters. The molecule has 0 aromatic carbocycles. The third-order valence-electron chi connectivity index (χ3n) is 2.99. The molecule has 0 aliphatic carbocycles. The summed E-state index contributed by atoms with van der Waals surface area (Å²) < 4.78 is 1.94. The maximum Gasteiger partial charge on any atom is 0.323 e. The van der Waals surface area contributed by atoms with Gasteiger partial charge in [-0.1, -0.05) is 0 Å². The second kappa shape index (κ2) is 4.73. The van der Waals surface area contributed by atoms with E-state index >= 15 is 0 Å². The van der Waals surface area contributed by atoms with Gasteiger partial charge in [0.2, 0.25) is 0 Å². The molecule has 0 unspecified atom stereocenters. The fourth-order valence-corrected chi connectivity index (χ4v) is 2.06. The van der Waals surface area contributed by atoms with Gasteiger partial charge in [-0.05, 0) is 6.07 Å². The quantitative estimate of drug-likeness (QED) is 0.565. The number of rotatable bonds is 3. The molecule has 3 heterocycles. The summed E-state index contributed by atoms with van der Waals surface area (Å²) in [6.07, 6.45) is 1.35. The molecular weight excluding hydrogens is 248 g/mol. The number of H-pyrrole nitrogens is 2. The van der Waals surface area contributed by atoms with Crippen LogP contribution in [-0.4, -0.2) is 32.2 Å². The zero-order chi connectivity index (χ0) is 13.2. The number of nitrogens with zero attached hydrogens (tertiary/aromatic N) is 2. The summed E-state index contributed by atoms with van der Waals surface area (Å²) in [4.78, 5) is 27.4. The van der Waals surface area contributed by atoms with E-state index in [-0.39, 0.29) is 11.6 Å². The first-order valence-electron chi connectivity index (χ1n) is 6.04. The Labute approximate surface area is 108 Å². The first kappa shape index (κ1) is 11.7. The lowest BCUT2D eigenvalue weighted by Gasteiger charge is -2.13. The van der Waals surface area contributed by atoms with E-state index in [9.17, 15) is 9.59 Å². The molecule has 1 aliphatic heterocycles. The largest absolute Gasteiger partial charge is 0.345 e. The van der Waals surface area contributed by atoms with Crippen molar-refractivity contribution in [1.29, 1.82) is 0 Å². The summed E-state index contributed by atoms with van der Waals surface area (Å²) in [6.45, 7) is 2.89. The van der Waals surface area contributed by atoms with E-state index < -0.39 is 5.69 Å². The van der Waals surface area contributed by atoms with Gasteiger partial charge in [-0.2, -0.15) is 5.10 Å². The van der Waals surface area contributed by atoms with Crippen LogP contribution in [0.25, 0.3) is 0 Å². The highest BCUT2D eigenvalue weighted by molar-refractivity contribution is 5.91. The standard InChI is InChI=1S/C11H14N6O2/c18-10(9-6-14-11(19)15-9)13-4-7-3-8-5-12-1-2-17(8)16-7/h3,6,12H,1-2,4-5H2,(H,13,18)(H2,14,15,19). The molecular formula is C11H14N6O2. The fraction of sp³-hybridized carbons (Fsp3) is 0.364. The van der Waals surface area contributed by atoms with E-state index in [1.54, 1.807) is 0 Å². The minimum absolute atomic E-state index is 0.218. The number of aromatic nitrogens is 4. The summed E-state index contributed by atoms with van der Waals surface area (Å²) >= 11 is 0. The van der Waals surface area contributed by atoms with Crippen LogP contribution in [0.2, 0.25) is 0 Å². The highest BCUT2D eigenvalue weighted by Gasteiger charge is 2.13. The molecule has 1 amide bonds. The van der Waals surface area contributed by atoms with Gasteiger partial charge in [0, 0.05) is 19.3 Å². The molecule has 8 nitrogen and oxygen atoms in total. The zero-order valence-electron chi connectivity index (χ0n) is 10.2. The van der Waals surface area contributed by atoms with Crippen LogP contribution in [-0.2, 0) is 19.6 Å². The van der Waals surface area contributed by atoms with Gasteiger partial charge in [0.05, 0.1) is 24.5 Å². The fourth-order valence-electron chi connectivity index (χ4n) is 2.06. The summed E-state index contributed by atoms with van der Waals surface area (Å²) in [5, 5.41) is 10.4. The molecule has 8 heteroatoms. The van der Waals surface area contributed by atoms with Crippen molar-refractivity contribution in [2.24, 2.45) is 0 Å². The van der Waals surface area contributed by atoms with Crippen molar-refractivity contribution < 1.29 is 4.79 Å².